The average Bonchev–Trinajstić information content (AvgIpc) is 2.60. The molecule has 5 nitrogen and oxygen atoms in total. The zero-order valence-electron chi connectivity index (χ0n) is 14.0. The van der Waals surface area contributed by atoms with Crippen molar-refractivity contribution in [2.75, 3.05) is 33.3 Å². The van der Waals surface area contributed by atoms with Gasteiger partial charge in [-0.1, -0.05) is 21.9 Å². The fraction of sp³-hybridized carbons (Fsp3) is 0.500. The second kappa shape index (κ2) is 9.67. The van der Waals surface area contributed by atoms with Crippen LogP contribution in [0.2, 0.25) is 0 Å². The molecule has 24 heavy (non-hydrogen) atoms. The van der Waals surface area contributed by atoms with Crippen LogP contribution in [0, 0.1) is 12.3 Å². The van der Waals surface area contributed by atoms with Gasteiger partial charge in [-0.05, 0) is 31.0 Å². The maximum Gasteiger partial charge on any atom is 0.233 e. The number of likely N-dealkylation sites (tertiary alicyclic amines) is 1. The summed E-state index contributed by atoms with van der Waals surface area (Å²) in [6.07, 6.45) is 7.34. The number of likely N-dealkylation sites (N-methyl/N-ethyl adjacent to an activating group) is 1. The van der Waals surface area contributed by atoms with Gasteiger partial charge in [-0.25, -0.2) is 0 Å². The number of amides is 1. The summed E-state index contributed by atoms with van der Waals surface area (Å²) in [7, 11) is 1.68. The monoisotopic (exact) mass is 393 g/mol. The number of piperidine rings is 1. The Kier molecular flexibility index (Phi) is 7.57. The topological polar surface area (TPSA) is 53.6 Å². The number of ether oxygens (including phenoxy) is 1. The molecule has 0 aromatic heterocycles. The van der Waals surface area contributed by atoms with Gasteiger partial charge in [0.25, 0.3) is 0 Å². The van der Waals surface area contributed by atoms with E-state index in [0.29, 0.717) is 12.6 Å². The second-order valence-electron chi connectivity index (χ2n) is 5.85. The molecule has 0 atom stereocenters. The number of hydrogen-bond donors (Lipinski definition) is 2. The average molecular weight is 394 g/mol. The van der Waals surface area contributed by atoms with Crippen molar-refractivity contribution in [3.63, 3.8) is 0 Å². The molecule has 0 bridgehead atoms. The SMILES string of the molecule is C#CCOc1ccc(Br)cc1CNC1CCN(CC(=O)NC)CC1. The molecule has 0 spiro atoms. The van der Waals surface area contributed by atoms with Gasteiger partial charge in [-0.2, -0.15) is 0 Å². The van der Waals surface area contributed by atoms with Crippen molar-refractivity contribution < 1.29 is 9.53 Å². The summed E-state index contributed by atoms with van der Waals surface area (Å²) in [6, 6.07) is 6.39. The highest BCUT2D eigenvalue weighted by molar-refractivity contribution is 9.10. The van der Waals surface area contributed by atoms with E-state index in [0.717, 1.165) is 48.3 Å². The summed E-state index contributed by atoms with van der Waals surface area (Å²) < 4.78 is 6.63. The summed E-state index contributed by atoms with van der Waals surface area (Å²) >= 11 is 3.50. The van der Waals surface area contributed by atoms with Crippen molar-refractivity contribution in [2.45, 2.75) is 25.4 Å². The molecule has 0 unspecified atom stereocenters. The number of nitrogens with one attached hydrogen (secondary N) is 2. The van der Waals surface area contributed by atoms with Gasteiger partial charge in [0.1, 0.15) is 12.4 Å². The Morgan fingerprint density at radius 1 is 1.46 bits per heavy atom. The van der Waals surface area contributed by atoms with Crippen molar-refractivity contribution in [1.29, 1.82) is 0 Å². The predicted octanol–water partition coefficient (Wildman–Crippen LogP) is 1.76. The highest BCUT2D eigenvalue weighted by Gasteiger charge is 2.20. The lowest BCUT2D eigenvalue weighted by molar-refractivity contribution is -0.122. The van der Waals surface area contributed by atoms with Crippen LogP contribution in [0.1, 0.15) is 18.4 Å². The lowest BCUT2D eigenvalue weighted by Crippen LogP contribution is -2.45. The summed E-state index contributed by atoms with van der Waals surface area (Å²) in [5.74, 6) is 3.39. The first-order chi connectivity index (χ1) is 11.6. The minimum absolute atomic E-state index is 0.0749. The van der Waals surface area contributed by atoms with Crippen molar-refractivity contribution in [1.82, 2.24) is 15.5 Å². The van der Waals surface area contributed by atoms with Crippen LogP contribution in [0.4, 0.5) is 0 Å². The number of benzene rings is 1. The Bertz CT molecular complexity index is 592. The zero-order chi connectivity index (χ0) is 17.4. The first-order valence-electron chi connectivity index (χ1n) is 8.13. The molecule has 1 aromatic rings. The molecule has 1 heterocycles. The van der Waals surface area contributed by atoms with Gasteiger partial charge in [0, 0.05) is 42.8 Å². The molecule has 6 heteroatoms. The Hall–Kier alpha value is -1.55. The van der Waals surface area contributed by atoms with E-state index in [9.17, 15) is 4.79 Å². The van der Waals surface area contributed by atoms with Crippen LogP contribution >= 0.6 is 15.9 Å². The Morgan fingerprint density at radius 3 is 2.88 bits per heavy atom. The normalized spacial score (nSPS) is 15.7. The van der Waals surface area contributed by atoms with Gasteiger partial charge in [0.15, 0.2) is 0 Å². The first kappa shape index (κ1) is 18.8. The first-order valence-corrected chi connectivity index (χ1v) is 8.92. The molecule has 0 saturated carbocycles. The quantitative estimate of drug-likeness (QED) is 0.693. The minimum atomic E-state index is 0.0749. The summed E-state index contributed by atoms with van der Waals surface area (Å²) in [5, 5.41) is 6.26. The Labute approximate surface area is 152 Å². The van der Waals surface area contributed by atoms with Crippen LogP contribution in [0.25, 0.3) is 0 Å². The summed E-state index contributed by atoms with van der Waals surface area (Å²) in [4.78, 5) is 13.6. The van der Waals surface area contributed by atoms with E-state index in [1.54, 1.807) is 7.05 Å². The van der Waals surface area contributed by atoms with Gasteiger partial charge >= 0.3 is 0 Å². The predicted molar refractivity (Wildman–Crippen MR) is 98.8 cm³/mol. The van der Waals surface area contributed by atoms with Gasteiger partial charge in [-0.15, -0.1) is 6.42 Å². The van der Waals surface area contributed by atoms with Gasteiger partial charge < -0.3 is 15.4 Å². The minimum Gasteiger partial charge on any atom is -0.481 e. The maximum absolute atomic E-state index is 11.4. The number of terminal acetylenes is 1. The highest BCUT2D eigenvalue weighted by Crippen LogP contribution is 2.23. The van der Waals surface area contributed by atoms with Crippen LogP contribution in [0.5, 0.6) is 5.75 Å². The molecule has 2 rings (SSSR count). The molecule has 1 amide bonds. The Morgan fingerprint density at radius 2 is 2.21 bits per heavy atom. The molecule has 130 valence electrons. The third kappa shape index (κ3) is 5.82. The van der Waals surface area contributed by atoms with Crippen LogP contribution in [-0.2, 0) is 11.3 Å². The molecule has 0 radical (unpaired) electrons. The molecular weight excluding hydrogens is 370 g/mol. The molecule has 1 aromatic carbocycles. The smallest absolute Gasteiger partial charge is 0.233 e. The lowest BCUT2D eigenvalue weighted by Gasteiger charge is -2.32. The number of halogens is 1. The van der Waals surface area contributed by atoms with Crippen molar-refractivity contribution in [2.24, 2.45) is 0 Å². The Balaban J connectivity index is 1.83. The van der Waals surface area contributed by atoms with Crippen LogP contribution in [0.15, 0.2) is 22.7 Å². The standard InChI is InChI=1S/C18H24BrN3O2/c1-3-10-24-17-5-4-15(19)11-14(17)12-21-16-6-8-22(9-7-16)13-18(23)20-2/h1,4-5,11,16,21H,6-10,12-13H2,2H3,(H,20,23). The number of nitrogens with zero attached hydrogens (tertiary/aromatic N) is 1. The third-order valence-electron chi connectivity index (χ3n) is 4.15. The summed E-state index contributed by atoms with van der Waals surface area (Å²) in [6.45, 7) is 3.36. The van der Waals surface area contributed by atoms with Crippen molar-refractivity contribution >= 4 is 21.8 Å². The third-order valence-corrected chi connectivity index (χ3v) is 4.64. The fourth-order valence-corrected chi connectivity index (χ4v) is 3.19. The van der Waals surface area contributed by atoms with E-state index in [2.05, 4.69) is 43.5 Å². The number of rotatable bonds is 7. The largest absolute Gasteiger partial charge is 0.481 e. The lowest BCUT2D eigenvalue weighted by atomic mass is 10.0. The van der Waals surface area contributed by atoms with Crippen molar-refractivity contribution in [3.8, 4) is 18.1 Å². The molecule has 1 aliphatic rings. The van der Waals surface area contributed by atoms with E-state index in [1.807, 2.05) is 12.1 Å². The van der Waals surface area contributed by atoms with E-state index >= 15 is 0 Å². The second-order valence-corrected chi connectivity index (χ2v) is 6.77. The number of carbonyl (C=O) groups is 1. The van der Waals surface area contributed by atoms with Crippen LogP contribution < -0.4 is 15.4 Å². The molecule has 0 aliphatic carbocycles. The number of hydrogen-bond acceptors (Lipinski definition) is 4. The van der Waals surface area contributed by atoms with Crippen LogP contribution in [-0.4, -0.2) is 50.1 Å². The van der Waals surface area contributed by atoms with Crippen molar-refractivity contribution in [3.05, 3.63) is 28.2 Å². The maximum atomic E-state index is 11.4. The van der Waals surface area contributed by atoms with Gasteiger partial charge in [0.05, 0.1) is 6.54 Å². The van der Waals surface area contributed by atoms with E-state index in [4.69, 9.17) is 11.2 Å². The van der Waals surface area contributed by atoms with E-state index in [-0.39, 0.29) is 12.5 Å². The van der Waals surface area contributed by atoms with E-state index < -0.39 is 0 Å². The molecule has 1 fully saturated rings. The van der Waals surface area contributed by atoms with Gasteiger partial charge in [0.2, 0.25) is 5.91 Å². The van der Waals surface area contributed by atoms with Crippen LogP contribution in [0.3, 0.4) is 0 Å². The molecule has 2 N–H and O–H groups in total. The van der Waals surface area contributed by atoms with E-state index in [1.165, 1.54) is 0 Å². The molecule has 1 aliphatic heterocycles. The zero-order valence-corrected chi connectivity index (χ0v) is 15.6. The highest BCUT2D eigenvalue weighted by atomic mass is 79.9. The molecule has 1 saturated heterocycles. The number of carbonyl (C=O) groups excluding carboxylic acids is 1. The van der Waals surface area contributed by atoms with Gasteiger partial charge in [-0.3, -0.25) is 9.69 Å². The fourth-order valence-electron chi connectivity index (χ4n) is 2.78. The molecular formula is C18H24BrN3O2. The summed E-state index contributed by atoms with van der Waals surface area (Å²) in [5.41, 5.74) is 1.09.